The SMILES string of the molecule is CC.Cc1ccc2c(c1)OCCCC2C. The van der Waals surface area contributed by atoms with Gasteiger partial charge in [-0.1, -0.05) is 32.9 Å². The molecule has 1 nitrogen and oxygen atoms in total. The minimum Gasteiger partial charge on any atom is -0.493 e. The van der Waals surface area contributed by atoms with Crippen molar-refractivity contribution in [1.82, 2.24) is 0 Å². The fourth-order valence-electron chi connectivity index (χ4n) is 1.90. The molecule has 2 rings (SSSR count). The van der Waals surface area contributed by atoms with Gasteiger partial charge in [-0.25, -0.2) is 0 Å². The van der Waals surface area contributed by atoms with Crippen molar-refractivity contribution < 1.29 is 4.74 Å². The zero-order chi connectivity index (χ0) is 11.3. The molecule has 0 bridgehead atoms. The minimum absolute atomic E-state index is 0.651. The Morgan fingerprint density at radius 3 is 2.73 bits per heavy atom. The van der Waals surface area contributed by atoms with Crippen molar-refractivity contribution in [3.05, 3.63) is 29.3 Å². The Morgan fingerprint density at radius 1 is 1.27 bits per heavy atom. The molecule has 1 unspecified atom stereocenters. The van der Waals surface area contributed by atoms with Crippen molar-refractivity contribution >= 4 is 0 Å². The van der Waals surface area contributed by atoms with E-state index in [0.717, 1.165) is 12.4 Å². The molecule has 1 heterocycles. The summed E-state index contributed by atoms with van der Waals surface area (Å²) in [4.78, 5) is 0. The van der Waals surface area contributed by atoms with Gasteiger partial charge in [0.2, 0.25) is 0 Å². The number of hydrogen-bond acceptors (Lipinski definition) is 1. The average molecular weight is 206 g/mol. The zero-order valence-corrected chi connectivity index (χ0v) is 10.3. The highest BCUT2D eigenvalue weighted by Gasteiger charge is 2.15. The van der Waals surface area contributed by atoms with Crippen LogP contribution in [-0.2, 0) is 0 Å². The summed E-state index contributed by atoms with van der Waals surface area (Å²) in [5, 5.41) is 0. The maximum atomic E-state index is 5.70. The molecule has 1 aromatic carbocycles. The van der Waals surface area contributed by atoms with E-state index in [1.165, 1.54) is 24.0 Å². The Morgan fingerprint density at radius 2 is 2.00 bits per heavy atom. The van der Waals surface area contributed by atoms with Gasteiger partial charge in [0.1, 0.15) is 5.75 Å². The van der Waals surface area contributed by atoms with E-state index >= 15 is 0 Å². The van der Waals surface area contributed by atoms with Gasteiger partial charge in [-0.05, 0) is 42.9 Å². The molecule has 0 radical (unpaired) electrons. The van der Waals surface area contributed by atoms with Crippen LogP contribution in [0.5, 0.6) is 5.75 Å². The topological polar surface area (TPSA) is 9.23 Å². The largest absolute Gasteiger partial charge is 0.493 e. The van der Waals surface area contributed by atoms with Crippen LogP contribution in [-0.4, -0.2) is 6.61 Å². The molecule has 0 aliphatic carbocycles. The molecule has 1 aliphatic heterocycles. The molecular weight excluding hydrogens is 184 g/mol. The van der Waals surface area contributed by atoms with E-state index in [1.807, 2.05) is 13.8 Å². The normalized spacial score (nSPS) is 19.1. The van der Waals surface area contributed by atoms with E-state index in [4.69, 9.17) is 4.74 Å². The van der Waals surface area contributed by atoms with Crippen LogP contribution in [0.4, 0.5) is 0 Å². The molecule has 0 spiro atoms. The second-order valence-electron chi connectivity index (χ2n) is 3.93. The fourth-order valence-corrected chi connectivity index (χ4v) is 1.90. The predicted octanol–water partition coefficient (Wildman–Crippen LogP) is 4.30. The number of rotatable bonds is 0. The van der Waals surface area contributed by atoms with Gasteiger partial charge in [0.05, 0.1) is 6.61 Å². The summed E-state index contributed by atoms with van der Waals surface area (Å²) < 4.78 is 5.70. The highest BCUT2D eigenvalue weighted by molar-refractivity contribution is 5.39. The molecule has 84 valence electrons. The van der Waals surface area contributed by atoms with Gasteiger partial charge in [-0.3, -0.25) is 0 Å². The van der Waals surface area contributed by atoms with Crippen LogP contribution in [0.25, 0.3) is 0 Å². The molecule has 0 amide bonds. The summed E-state index contributed by atoms with van der Waals surface area (Å²) in [6.45, 7) is 9.27. The van der Waals surface area contributed by atoms with Crippen molar-refractivity contribution in [1.29, 1.82) is 0 Å². The minimum atomic E-state index is 0.651. The van der Waals surface area contributed by atoms with Crippen molar-refractivity contribution in [3.63, 3.8) is 0 Å². The fraction of sp³-hybridized carbons (Fsp3) is 0.571. The summed E-state index contributed by atoms with van der Waals surface area (Å²) in [6, 6.07) is 6.53. The van der Waals surface area contributed by atoms with E-state index in [1.54, 1.807) is 0 Å². The van der Waals surface area contributed by atoms with Crippen molar-refractivity contribution in [3.8, 4) is 5.75 Å². The smallest absolute Gasteiger partial charge is 0.123 e. The average Bonchev–Trinajstić information content (AvgIpc) is 2.43. The highest BCUT2D eigenvalue weighted by atomic mass is 16.5. The number of fused-ring (bicyclic) bond motifs is 1. The Labute approximate surface area is 93.5 Å². The van der Waals surface area contributed by atoms with Crippen LogP contribution in [0.15, 0.2) is 18.2 Å². The zero-order valence-electron chi connectivity index (χ0n) is 10.3. The summed E-state index contributed by atoms with van der Waals surface area (Å²) in [5.41, 5.74) is 2.66. The predicted molar refractivity (Wildman–Crippen MR) is 65.7 cm³/mol. The monoisotopic (exact) mass is 206 g/mol. The maximum Gasteiger partial charge on any atom is 0.123 e. The van der Waals surface area contributed by atoms with E-state index in [0.29, 0.717) is 5.92 Å². The molecule has 1 aliphatic rings. The Balaban J connectivity index is 0.000000531. The van der Waals surface area contributed by atoms with Gasteiger partial charge in [0.15, 0.2) is 0 Å². The van der Waals surface area contributed by atoms with Gasteiger partial charge < -0.3 is 4.74 Å². The van der Waals surface area contributed by atoms with Crippen LogP contribution >= 0.6 is 0 Å². The number of ether oxygens (including phenoxy) is 1. The van der Waals surface area contributed by atoms with Crippen molar-refractivity contribution in [2.45, 2.75) is 46.5 Å². The molecule has 1 aromatic rings. The Hall–Kier alpha value is -0.980. The number of benzene rings is 1. The summed E-state index contributed by atoms with van der Waals surface area (Å²) >= 11 is 0. The van der Waals surface area contributed by atoms with Gasteiger partial charge in [0.25, 0.3) is 0 Å². The van der Waals surface area contributed by atoms with Crippen LogP contribution in [0.2, 0.25) is 0 Å². The van der Waals surface area contributed by atoms with E-state index in [9.17, 15) is 0 Å². The first-order valence-electron chi connectivity index (χ1n) is 6.01. The first kappa shape index (κ1) is 12.1. The molecule has 15 heavy (non-hydrogen) atoms. The number of hydrogen-bond donors (Lipinski definition) is 0. The molecular formula is C14H22O. The molecule has 0 saturated carbocycles. The summed E-state index contributed by atoms with van der Waals surface area (Å²) in [6.07, 6.45) is 2.42. The second-order valence-corrected chi connectivity index (χ2v) is 3.93. The number of aryl methyl sites for hydroxylation is 1. The summed E-state index contributed by atoms with van der Waals surface area (Å²) in [5.74, 6) is 1.75. The van der Waals surface area contributed by atoms with Crippen LogP contribution < -0.4 is 4.74 Å². The third kappa shape index (κ3) is 2.98. The van der Waals surface area contributed by atoms with Crippen LogP contribution in [0.1, 0.15) is 50.7 Å². The second kappa shape index (κ2) is 5.79. The van der Waals surface area contributed by atoms with Crippen LogP contribution in [0, 0.1) is 6.92 Å². The molecule has 0 saturated heterocycles. The third-order valence-corrected chi connectivity index (χ3v) is 2.74. The lowest BCUT2D eigenvalue weighted by atomic mass is 9.96. The van der Waals surface area contributed by atoms with E-state index in [-0.39, 0.29) is 0 Å². The molecule has 0 N–H and O–H groups in total. The molecule has 1 heteroatoms. The lowest BCUT2D eigenvalue weighted by Gasteiger charge is -2.11. The lowest BCUT2D eigenvalue weighted by molar-refractivity contribution is 0.316. The maximum absolute atomic E-state index is 5.70. The first-order valence-corrected chi connectivity index (χ1v) is 6.01. The van der Waals surface area contributed by atoms with Gasteiger partial charge >= 0.3 is 0 Å². The molecule has 1 atom stereocenters. The lowest BCUT2D eigenvalue weighted by Crippen LogP contribution is -1.95. The van der Waals surface area contributed by atoms with Crippen molar-refractivity contribution in [2.24, 2.45) is 0 Å². The van der Waals surface area contributed by atoms with E-state index in [2.05, 4.69) is 32.0 Å². The Bertz CT molecular complexity index is 304. The Kier molecular flexibility index (Phi) is 4.67. The van der Waals surface area contributed by atoms with Gasteiger partial charge in [-0.15, -0.1) is 0 Å². The third-order valence-electron chi connectivity index (χ3n) is 2.74. The van der Waals surface area contributed by atoms with Crippen molar-refractivity contribution in [2.75, 3.05) is 6.61 Å². The van der Waals surface area contributed by atoms with Crippen LogP contribution in [0.3, 0.4) is 0 Å². The molecule has 0 aromatic heterocycles. The van der Waals surface area contributed by atoms with Gasteiger partial charge in [0, 0.05) is 0 Å². The highest BCUT2D eigenvalue weighted by Crippen LogP contribution is 2.33. The van der Waals surface area contributed by atoms with Gasteiger partial charge in [-0.2, -0.15) is 0 Å². The standard InChI is InChI=1S/C12H16O.C2H6/c1-9-5-6-11-10(2)4-3-7-13-12(11)8-9;1-2/h5-6,8,10H,3-4,7H2,1-2H3;1-2H3. The summed E-state index contributed by atoms with van der Waals surface area (Å²) in [7, 11) is 0. The van der Waals surface area contributed by atoms with E-state index < -0.39 is 0 Å². The molecule has 0 fully saturated rings. The quantitative estimate of drug-likeness (QED) is 0.615. The first-order chi connectivity index (χ1) is 7.27.